The Morgan fingerprint density at radius 2 is 1.50 bits per heavy atom. The van der Waals surface area contributed by atoms with Gasteiger partial charge in [-0.05, 0) is 6.42 Å². The lowest BCUT2D eigenvalue weighted by molar-refractivity contribution is -0.0932. The van der Waals surface area contributed by atoms with Crippen molar-refractivity contribution in [2.45, 2.75) is 76.6 Å². The van der Waals surface area contributed by atoms with E-state index in [1.807, 2.05) is 0 Å². The molecule has 5 heteroatoms. The van der Waals surface area contributed by atoms with Crippen molar-refractivity contribution in [3.05, 3.63) is 0 Å². The fourth-order valence-corrected chi connectivity index (χ4v) is 2.41. The van der Waals surface area contributed by atoms with E-state index in [1.54, 1.807) is 0 Å². The maximum atomic E-state index is 9.72. The monoisotopic (exact) mass is 308 g/mol. The maximum absolute atomic E-state index is 9.72. The normalized spacial score (nSPS) is 16.1. The zero-order valence-corrected chi connectivity index (χ0v) is 13.6. The molecule has 0 spiro atoms. The molecule has 0 aliphatic rings. The lowest BCUT2D eigenvalue weighted by atomic mass is 10.1. The van der Waals surface area contributed by atoms with Crippen LogP contribution in [0.25, 0.3) is 0 Å². The van der Waals surface area contributed by atoms with Crippen LogP contribution >= 0.6 is 12.6 Å². The molecule has 0 radical (unpaired) electrons. The van der Waals surface area contributed by atoms with E-state index in [0.717, 1.165) is 12.8 Å². The zero-order chi connectivity index (χ0) is 15.2. The summed E-state index contributed by atoms with van der Waals surface area (Å²) in [4.78, 5) is 0. The molecule has 0 rings (SSSR count). The quantitative estimate of drug-likeness (QED) is 0.293. The Kier molecular flexibility index (Phi) is 14.3. The second-order valence-electron chi connectivity index (χ2n) is 5.31. The maximum Gasteiger partial charge on any atom is 0.109 e. The third kappa shape index (κ3) is 10.00. The number of hydrogen-bond donors (Lipinski definition) is 4. The number of ether oxygens (including phenoxy) is 1. The molecule has 0 fully saturated rings. The van der Waals surface area contributed by atoms with E-state index in [9.17, 15) is 10.2 Å². The molecule has 0 unspecified atom stereocenters. The van der Waals surface area contributed by atoms with Gasteiger partial charge in [-0.2, -0.15) is 12.6 Å². The summed E-state index contributed by atoms with van der Waals surface area (Å²) in [5, 5.41) is 27.9. The van der Waals surface area contributed by atoms with Crippen LogP contribution in [-0.4, -0.2) is 52.6 Å². The predicted octanol–water partition coefficient (Wildman–Crippen LogP) is 2.16. The van der Waals surface area contributed by atoms with Crippen LogP contribution in [0.3, 0.4) is 0 Å². The van der Waals surface area contributed by atoms with Crippen molar-refractivity contribution in [1.29, 1.82) is 0 Å². The van der Waals surface area contributed by atoms with E-state index in [2.05, 4.69) is 19.6 Å². The van der Waals surface area contributed by atoms with Crippen molar-refractivity contribution in [1.82, 2.24) is 0 Å². The SMILES string of the molecule is CCCCCCCCCCO[C@H](CS)[C@@H](O)[C@H](O)CO. The molecule has 0 bridgehead atoms. The second-order valence-corrected chi connectivity index (χ2v) is 5.67. The first-order valence-electron chi connectivity index (χ1n) is 7.86. The van der Waals surface area contributed by atoms with Crippen molar-refractivity contribution in [3.63, 3.8) is 0 Å². The molecule has 0 aromatic carbocycles. The van der Waals surface area contributed by atoms with Crippen molar-refractivity contribution in [3.8, 4) is 0 Å². The summed E-state index contributed by atoms with van der Waals surface area (Å²) in [6.07, 6.45) is 7.09. The fraction of sp³-hybridized carbons (Fsp3) is 1.00. The van der Waals surface area contributed by atoms with Gasteiger partial charge in [-0.25, -0.2) is 0 Å². The third-order valence-corrected chi connectivity index (χ3v) is 3.83. The minimum atomic E-state index is -1.16. The Hall–Kier alpha value is 0.190. The summed E-state index contributed by atoms with van der Waals surface area (Å²) in [6, 6.07) is 0. The Morgan fingerprint density at radius 3 is 2.00 bits per heavy atom. The van der Waals surface area contributed by atoms with Crippen molar-refractivity contribution < 1.29 is 20.1 Å². The van der Waals surface area contributed by atoms with Crippen molar-refractivity contribution in [2.75, 3.05) is 19.0 Å². The van der Waals surface area contributed by atoms with Crippen LogP contribution in [-0.2, 0) is 4.74 Å². The highest BCUT2D eigenvalue weighted by molar-refractivity contribution is 7.80. The van der Waals surface area contributed by atoms with Crippen LogP contribution in [0.1, 0.15) is 58.3 Å². The molecule has 3 atom stereocenters. The minimum absolute atomic E-state index is 0.329. The average Bonchev–Trinajstić information content (AvgIpc) is 2.48. The third-order valence-electron chi connectivity index (χ3n) is 3.47. The molecule has 20 heavy (non-hydrogen) atoms. The van der Waals surface area contributed by atoms with Gasteiger partial charge in [0.2, 0.25) is 0 Å². The summed E-state index contributed by atoms with van der Waals surface area (Å²) in [5.74, 6) is 0.329. The Balaban J connectivity index is 3.51. The van der Waals surface area contributed by atoms with E-state index < -0.39 is 24.9 Å². The summed E-state index contributed by atoms with van der Waals surface area (Å²) < 4.78 is 5.52. The standard InChI is InChI=1S/C15H32O4S/c1-2-3-4-5-6-7-8-9-10-19-14(12-20)15(18)13(17)11-16/h13-18,20H,2-12H2,1H3/t13-,14-,15+/m1/s1. The molecule has 0 saturated heterocycles. The Morgan fingerprint density at radius 1 is 0.950 bits per heavy atom. The highest BCUT2D eigenvalue weighted by atomic mass is 32.1. The molecule has 4 nitrogen and oxygen atoms in total. The molecule has 0 heterocycles. The lowest BCUT2D eigenvalue weighted by Gasteiger charge is -2.24. The van der Waals surface area contributed by atoms with E-state index in [1.165, 1.54) is 38.5 Å². The predicted molar refractivity (Wildman–Crippen MR) is 85.3 cm³/mol. The first-order valence-corrected chi connectivity index (χ1v) is 8.50. The number of aliphatic hydroxyl groups is 3. The van der Waals surface area contributed by atoms with Crippen LogP contribution in [0, 0.1) is 0 Å². The molecule has 0 aliphatic carbocycles. The minimum Gasteiger partial charge on any atom is -0.394 e. The molecule has 0 amide bonds. The van der Waals surface area contributed by atoms with Gasteiger partial charge in [0.1, 0.15) is 12.2 Å². The highest BCUT2D eigenvalue weighted by Gasteiger charge is 2.25. The van der Waals surface area contributed by atoms with E-state index in [-0.39, 0.29) is 0 Å². The number of aliphatic hydroxyl groups excluding tert-OH is 3. The van der Waals surface area contributed by atoms with Crippen LogP contribution in [0.15, 0.2) is 0 Å². The lowest BCUT2D eigenvalue weighted by Crippen LogP contribution is -2.42. The number of rotatable bonds is 14. The van der Waals surface area contributed by atoms with Gasteiger partial charge in [0, 0.05) is 12.4 Å². The largest absolute Gasteiger partial charge is 0.394 e. The van der Waals surface area contributed by atoms with Crippen molar-refractivity contribution >= 4 is 12.6 Å². The molecule has 0 aromatic heterocycles. The van der Waals surface area contributed by atoms with E-state index >= 15 is 0 Å². The number of unbranched alkanes of at least 4 members (excludes halogenated alkanes) is 7. The van der Waals surface area contributed by atoms with Crippen LogP contribution < -0.4 is 0 Å². The molecule has 3 N–H and O–H groups in total. The van der Waals surface area contributed by atoms with Crippen LogP contribution in [0.2, 0.25) is 0 Å². The van der Waals surface area contributed by atoms with Crippen LogP contribution in [0.5, 0.6) is 0 Å². The Labute approximate surface area is 128 Å². The van der Waals surface area contributed by atoms with Crippen LogP contribution in [0.4, 0.5) is 0 Å². The zero-order valence-electron chi connectivity index (χ0n) is 12.7. The number of thiol groups is 1. The molecule has 122 valence electrons. The van der Waals surface area contributed by atoms with E-state index in [0.29, 0.717) is 12.4 Å². The first kappa shape index (κ1) is 20.2. The van der Waals surface area contributed by atoms with E-state index in [4.69, 9.17) is 9.84 Å². The van der Waals surface area contributed by atoms with Gasteiger partial charge in [-0.1, -0.05) is 51.9 Å². The first-order chi connectivity index (χ1) is 9.67. The average molecular weight is 308 g/mol. The van der Waals surface area contributed by atoms with Gasteiger partial charge in [0.05, 0.1) is 12.7 Å². The number of hydrogen-bond acceptors (Lipinski definition) is 5. The highest BCUT2D eigenvalue weighted by Crippen LogP contribution is 2.11. The summed E-state index contributed by atoms with van der Waals surface area (Å²) >= 11 is 4.10. The summed E-state index contributed by atoms with van der Waals surface area (Å²) in [6.45, 7) is 2.32. The summed E-state index contributed by atoms with van der Waals surface area (Å²) in [7, 11) is 0. The fourth-order valence-electron chi connectivity index (χ4n) is 2.09. The topological polar surface area (TPSA) is 69.9 Å². The molecule has 0 aliphatic heterocycles. The van der Waals surface area contributed by atoms with Gasteiger partial charge in [0.15, 0.2) is 0 Å². The smallest absolute Gasteiger partial charge is 0.109 e. The molecular weight excluding hydrogens is 276 g/mol. The van der Waals surface area contributed by atoms with Gasteiger partial charge < -0.3 is 20.1 Å². The van der Waals surface area contributed by atoms with Gasteiger partial charge >= 0.3 is 0 Å². The summed E-state index contributed by atoms with van der Waals surface area (Å²) in [5.41, 5.74) is 0. The van der Waals surface area contributed by atoms with Crippen molar-refractivity contribution in [2.24, 2.45) is 0 Å². The van der Waals surface area contributed by atoms with Gasteiger partial charge in [-0.3, -0.25) is 0 Å². The molecule has 0 aromatic rings. The second kappa shape index (κ2) is 14.1. The van der Waals surface area contributed by atoms with Gasteiger partial charge in [-0.15, -0.1) is 0 Å². The Bertz CT molecular complexity index is 204. The molecular formula is C15H32O4S. The molecule has 0 saturated carbocycles. The van der Waals surface area contributed by atoms with Gasteiger partial charge in [0.25, 0.3) is 0 Å².